The lowest BCUT2D eigenvalue weighted by Gasteiger charge is -2.17. The highest BCUT2D eigenvalue weighted by Crippen LogP contribution is 2.20. The van der Waals surface area contributed by atoms with Gasteiger partial charge in [-0.15, -0.1) is 12.4 Å². The number of amides is 1. The predicted octanol–water partition coefficient (Wildman–Crippen LogP) is 6.17. The van der Waals surface area contributed by atoms with E-state index in [1.165, 1.54) is 25.3 Å². The molecule has 1 heterocycles. The van der Waals surface area contributed by atoms with E-state index in [1.54, 1.807) is 18.2 Å². The van der Waals surface area contributed by atoms with E-state index in [0.29, 0.717) is 30.2 Å². The van der Waals surface area contributed by atoms with Crippen LogP contribution < -0.4 is 20.4 Å². The van der Waals surface area contributed by atoms with Gasteiger partial charge in [0.25, 0.3) is 0 Å². The quantitative estimate of drug-likeness (QED) is 0.204. The van der Waals surface area contributed by atoms with E-state index < -0.39 is 6.09 Å². The van der Waals surface area contributed by atoms with Gasteiger partial charge >= 0.3 is 11.7 Å². The minimum Gasteiger partial charge on any atom is -0.493 e. The first-order valence-corrected chi connectivity index (χ1v) is 12.4. The number of fused-ring (bicyclic) bond motifs is 1. The third kappa shape index (κ3) is 10.3. The van der Waals surface area contributed by atoms with Crippen LogP contribution in [0, 0.1) is 0 Å². The third-order valence-electron chi connectivity index (χ3n) is 5.66. The van der Waals surface area contributed by atoms with Crippen molar-refractivity contribution in [3.63, 3.8) is 0 Å². The molecule has 0 aliphatic heterocycles. The number of nitrogens with one attached hydrogen (secondary N) is 1. The Hall–Kier alpha value is -3.03. The molecule has 0 spiro atoms. The van der Waals surface area contributed by atoms with E-state index in [4.69, 9.17) is 13.9 Å². The SMILES string of the molecule is CCCCCCCNC(=O)Oc1cccc(CN(C)CCCOc2ccc3ccc(=O)oc3c2)c1.Cl. The van der Waals surface area contributed by atoms with Crippen molar-refractivity contribution in [2.45, 2.75) is 52.0 Å². The standard InChI is InChI=1S/C28H36N2O5.ClH/c1-3-4-5-6-7-16-29-28(32)34-25-11-8-10-22(19-25)21-30(2)17-9-18-33-24-14-12-23-13-15-27(31)35-26(23)20-24;/h8,10-15,19-20H,3-7,9,16-18,21H2,1-2H3,(H,29,32);1H. The fraction of sp³-hybridized carbons (Fsp3) is 0.429. The van der Waals surface area contributed by atoms with Crippen LogP contribution in [0.3, 0.4) is 0 Å². The van der Waals surface area contributed by atoms with Gasteiger partial charge in [0.1, 0.15) is 17.1 Å². The number of rotatable bonds is 14. The van der Waals surface area contributed by atoms with E-state index in [9.17, 15) is 9.59 Å². The van der Waals surface area contributed by atoms with E-state index in [-0.39, 0.29) is 18.0 Å². The Bertz CT molecular complexity index is 1130. The molecule has 0 aliphatic carbocycles. The van der Waals surface area contributed by atoms with Crippen molar-refractivity contribution in [1.29, 1.82) is 0 Å². The molecule has 0 saturated carbocycles. The Morgan fingerprint density at radius 2 is 1.78 bits per heavy atom. The molecule has 1 aromatic heterocycles. The highest BCUT2D eigenvalue weighted by Gasteiger charge is 2.07. The molecule has 0 unspecified atom stereocenters. The van der Waals surface area contributed by atoms with Crippen LogP contribution in [-0.2, 0) is 6.54 Å². The monoisotopic (exact) mass is 516 g/mol. The van der Waals surface area contributed by atoms with Gasteiger partial charge in [-0.05, 0) is 55.8 Å². The van der Waals surface area contributed by atoms with Crippen LogP contribution in [0.4, 0.5) is 4.79 Å². The number of ether oxygens (including phenoxy) is 2. The van der Waals surface area contributed by atoms with Gasteiger partial charge in [-0.2, -0.15) is 0 Å². The topological polar surface area (TPSA) is 81.0 Å². The Balaban J connectivity index is 0.00000456. The van der Waals surface area contributed by atoms with Crippen molar-refractivity contribution in [2.75, 3.05) is 26.7 Å². The summed E-state index contributed by atoms with van der Waals surface area (Å²) in [6, 6.07) is 16.3. The number of nitrogens with zero attached hydrogens (tertiary/aromatic N) is 1. The van der Waals surface area contributed by atoms with Crippen molar-refractivity contribution in [3.05, 3.63) is 70.6 Å². The number of unbranched alkanes of at least 4 members (excludes halogenated alkanes) is 4. The second kappa shape index (κ2) is 15.9. The van der Waals surface area contributed by atoms with Crippen molar-refractivity contribution >= 4 is 29.5 Å². The molecule has 0 radical (unpaired) electrons. The fourth-order valence-corrected chi connectivity index (χ4v) is 3.82. The number of benzene rings is 2. The van der Waals surface area contributed by atoms with E-state index in [2.05, 4.69) is 17.1 Å². The third-order valence-corrected chi connectivity index (χ3v) is 5.66. The van der Waals surface area contributed by atoms with Crippen LogP contribution >= 0.6 is 12.4 Å². The van der Waals surface area contributed by atoms with E-state index in [1.807, 2.05) is 37.4 Å². The lowest BCUT2D eigenvalue weighted by Crippen LogP contribution is -2.27. The first-order valence-electron chi connectivity index (χ1n) is 12.4. The summed E-state index contributed by atoms with van der Waals surface area (Å²) in [6.07, 6.45) is 6.19. The molecule has 2 aromatic carbocycles. The van der Waals surface area contributed by atoms with Gasteiger partial charge in [0.15, 0.2) is 0 Å². The minimum atomic E-state index is -0.406. The summed E-state index contributed by atoms with van der Waals surface area (Å²) in [7, 11) is 2.05. The average Bonchev–Trinajstić information content (AvgIpc) is 2.84. The molecule has 0 aliphatic rings. The number of carbonyl (C=O) groups excluding carboxylic acids is 1. The van der Waals surface area contributed by atoms with Gasteiger partial charge in [-0.25, -0.2) is 9.59 Å². The number of hydrogen-bond donors (Lipinski definition) is 1. The highest BCUT2D eigenvalue weighted by molar-refractivity contribution is 5.85. The first-order chi connectivity index (χ1) is 17.0. The molecule has 0 bridgehead atoms. The molecule has 36 heavy (non-hydrogen) atoms. The number of halogens is 1. The van der Waals surface area contributed by atoms with E-state index in [0.717, 1.165) is 43.3 Å². The van der Waals surface area contributed by atoms with E-state index >= 15 is 0 Å². The van der Waals surface area contributed by atoms with Crippen LogP contribution in [0.5, 0.6) is 11.5 Å². The molecule has 196 valence electrons. The molecule has 0 saturated heterocycles. The second-order valence-electron chi connectivity index (χ2n) is 8.77. The Kier molecular flexibility index (Phi) is 12.9. The number of carbonyl (C=O) groups is 1. The summed E-state index contributed by atoms with van der Waals surface area (Å²) in [4.78, 5) is 25.6. The van der Waals surface area contributed by atoms with Gasteiger partial charge in [-0.1, -0.05) is 44.7 Å². The zero-order valence-electron chi connectivity index (χ0n) is 21.2. The zero-order valence-corrected chi connectivity index (χ0v) is 22.0. The van der Waals surface area contributed by atoms with Crippen LogP contribution in [-0.4, -0.2) is 37.7 Å². The summed E-state index contributed by atoms with van der Waals surface area (Å²) in [5.74, 6) is 1.23. The maximum atomic E-state index is 12.0. The smallest absolute Gasteiger partial charge is 0.412 e. The molecule has 3 rings (SSSR count). The summed E-state index contributed by atoms with van der Waals surface area (Å²) < 4.78 is 16.5. The molecule has 1 N–H and O–H groups in total. The van der Waals surface area contributed by atoms with Crippen LogP contribution in [0.15, 0.2) is 63.8 Å². The van der Waals surface area contributed by atoms with Gasteiger partial charge in [0.2, 0.25) is 0 Å². The molecule has 1 amide bonds. The molecule has 0 fully saturated rings. The Morgan fingerprint density at radius 1 is 0.972 bits per heavy atom. The van der Waals surface area contributed by atoms with Gasteiger partial charge in [0, 0.05) is 37.2 Å². The number of hydrogen-bond acceptors (Lipinski definition) is 6. The van der Waals surface area contributed by atoms with Crippen molar-refractivity contribution in [3.8, 4) is 11.5 Å². The fourth-order valence-electron chi connectivity index (χ4n) is 3.82. The maximum absolute atomic E-state index is 12.0. The van der Waals surface area contributed by atoms with Crippen molar-refractivity contribution in [1.82, 2.24) is 10.2 Å². The molecular formula is C28H37ClN2O5. The summed E-state index contributed by atoms with van der Waals surface area (Å²) in [5, 5.41) is 3.69. The van der Waals surface area contributed by atoms with Crippen LogP contribution in [0.2, 0.25) is 0 Å². The normalized spacial score (nSPS) is 10.8. The largest absolute Gasteiger partial charge is 0.493 e. The van der Waals surface area contributed by atoms with Crippen LogP contribution in [0.1, 0.15) is 51.0 Å². The average molecular weight is 517 g/mol. The zero-order chi connectivity index (χ0) is 24.9. The maximum Gasteiger partial charge on any atom is 0.412 e. The van der Waals surface area contributed by atoms with Crippen LogP contribution in [0.25, 0.3) is 11.0 Å². The second-order valence-corrected chi connectivity index (χ2v) is 8.77. The lowest BCUT2D eigenvalue weighted by molar-refractivity contribution is 0.200. The first kappa shape index (κ1) is 29.2. The van der Waals surface area contributed by atoms with Gasteiger partial charge < -0.3 is 24.1 Å². The van der Waals surface area contributed by atoms with Crippen molar-refractivity contribution < 1.29 is 18.7 Å². The molecular weight excluding hydrogens is 480 g/mol. The summed E-state index contributed by atoms with van der Waals surface area (Å²) in [5.41, 5.74) is 1.22. The van der Waals surface area contributed by atoms with Gasteiger partial charge in [0.05, 0.1) is 6.61 Å². The van der Waals surface area contributed by atoms with Crippen molar-refractivity contribution in [2.24, 2.45) is 0 Å². The lowest BCUT2D eigenvalue weighted by atomic mass is 10.1. The summed E-state index contributed by atoms with van der Waals surface area (Å²) >= 11 is 0. The van der Waals surface area contributed by atoms with Gasteiger partial charge in [-0.3, -0.25) is 0 Å². The Labute approximate surface area is 219 Å². The summed E-state index contributed by atoms with van der Waals surface area (Å²) in [6.45, 7) is 4.95. The molecule has 3 aromatic rings. The Morgan fingerprint density at radius 3 is 2.61 bits per heavy atom. The predicted molar refractivity (Wildman–Crippen MR) is 145 cm³/mol. The molecule has 0 atom stereocenters. The molecule has 8 heteroatoms. The minimum absolute atomic E-state index is 0. The molecule has 7 nitrogen and oxygen atoms in total. The highest BCUT2D eigenvalue weighted by atomic mass is 35.5.